The molecule has 0 heterocycles. The van der Waals surface area contributed by atoms with E-state index in [0.29, 0.717) is 16.3 Å². The fourth-order valence-corrected chi connectivity index (χ4v) is 2.53. The average Bonchev–Trinajstić information content (AvgIpc) is 2.40. The predicted molar refractivity (Wildman–Crippen MR) is 85.6 cm³/mol. The summed E-state index contributed by atoms with van der Waals surface area (Å²) >= 11 is 5.88. The minimum Gasteiger partial charge on any atom is -0.457 e. The molecule has 110 valence electrons. The first-order valence-electron chi connectivity index (χ1n) is 6.67. The molecule has 2 aromatic rings. The Morgan fingerprint density at radius 3 is 2.38 bits per heavy atom. The Labute approximate surface area is 129 Å². The van der Waals surface area contributed by atoms with Crippen LogP contribution in [0, 0.1) is 20.8 Å². The standard InChI is InChI=1S/C17H18ClNO2/c1-10-6-11(2)15(12(3)7-10)9-21-17(20)14-8-13(18)4-5-16(14)19/h4-8H,9,19H2,1-3H3. The number of nitrogen functional groups attached to an aromatic ring is 1. The maximum atomic E-state index is 12.1. The molecule has 21 heavy (non-hydrogen) atoms. The lowest BCUT2D eigenvalue weighted by atomic mass is 10.0. The Morgan fingerprint density at radius 2 is 1.76 bits per heavy atom. The number of esters is 1. The Morgan fingerprint density at radius 1 is 1.14 bits per heavy atom. The van der Waals surface area contributed by atoms with Crippen LogP contribution in [0.15, 0.2) is 30.3 Å². The Bertz CT molecular complexity index is 672. The largest absolute Gasteiger partial charge is 0.457 e. The van der Waals surface area contributed by atoms with Crippen LogP contribution in [-0.2, 0) is 11.3 Å². The number of rotatable bonds is 3. The highest BCUT2D eigenvalue weighted by atomic mass is 35.5. The second-order valence-corrected chi connectivity index (χ2v) is 5.62. The number of ether oxygens (including phenoxy) is 1. The highest BCUT2D eigenvalue weighted by Gasteiger charge is 2.13. The van der Waals surface area contributed by atoms with Crippen LogP contribution in [0.5, 0.6) is 0 Å². The Balaban J connectivity index is 2.17. The van der Waals surface area contributed by atoms with Gasteiger partial charge in [-0.2, -0.15) is 0 Å². The van der Waals surface area contributed by atoms with Crippen LogP contribution in [0.3, 0.4) is 0 Å². The summed E-state index contributed by atoms with van der Waals surface area (Å²) in [5.74, 6) is -0.464. The lowest BCUT2D eigenvalue weighted by Crippen LogP contribution is -2.09. The molecular weight excluding hydrogens is 286 g/mol. The summed E-state index contributed by atoms with van der Waals surface area (Å²) in [5.41, 5.74) is 10.9. The van der Waals surface area contributed by atoms with Crippen molar-refractivity contribution in [1.82, 2.24) is 0 Å². The van der Waals surface area contributed by atoms with E-state index in [2.05, 4.69) is 12.1 Å². The number of hydrogen-bond acceptors (Lipinski definition) is 3. The van der Waals surface area contributed by atoms with Gasteiger partial charge in [-0.3, -0.25) is 0 Å². The molecular formula is C17H18ClNO2. The number of aryl methyl sites for hydroxylation is 3. The molecule has 3 nitrogen and oxygen atoms in total. The van der Waals surface area contributed by atoms with Gasteiger partial charge in [-0.1, -0.05) is 29.3 Å². The second-order valence-electron chi connectivity index (χ2n) is 5.18. The molecule has 0 aliphatic carbocycles. The zero-order valence-corrected chi connectivity index (χ0v) is 13.1. The molecule has 0 aromatic heterocycles. The van der Waals surface area contributed by atoms with Gasteiger partial charge in [0.1, 0.15) is 6.61 Å². The molecule has 0 radical (unpaired) electrons. The first-order valence-corrected chi connectivity index (χ1v) is 7.05. The van der Waals surface area contributed by atoms with Gasteiger partial charge in [0.2, 0.25) is 0 Å². The van der Waals surface area contributed by atoms with Crippen LogP contribution >= 0.6 is 11.6 Å². The molecule has 0 atom stereocenters. The van der Waals surface area contributed by atoms with E-state index in [9.17, 15) is 4.79 Å². The molecule has 2 rings (SSSR count). The average molecular weight is 304 g/mol. The minimum atomic E-state index is -0.464. The van der Waals surface area contributed by atoms with Gasteiger partial charge in [0, 0.05) is 10.7 Å². The molecule has 2 aromatic carbocycles. The van der Waals surface area contributed by atoms with Gasteiger partial charge >= 0.3 is 5.97 Å². The lowest BCUT2D eigenvalue weighted by molar-refractivity contribution is 0.0473. The summed E-state index contributed by atoms with van der Waals surface area (Å²) in [4.78, 5) is 12.1. The van der Waals surface area contributed by atoms with E-state index in [4.69, 9.17) is 22.1 Å². The molecule has 0 aliphatic rings. The second kappa shape index (κ2) is 6.19. The van der Waals surface area contributed by atoms with E-state index in [1.807, 2.05) is 20.8 Å². The Kier molecular flexibility index (Phi) is 4.53. The van der Waals surface area contributed by atoms with Crippen molar-refractivity contribution in [3.63, 3.8) is 0 Å². The Hall–Kier alpha value is -2.00. The van der Waals surface area contributed by atoms with Gasteiger partial charge in [-0.15, -0.1) is 0 Å². The van der Waals surface area contributed by atoms with Gasteiger partial charge < -0.3 is 10.5 Å². The topological polar surface area (TPSA) is 52.3 Å². The molecule has 0 amide bonds. The van der Waals surface area contributed by atoms with Crippen molar-refractivity contribution < 1.29 is 9.53 Å². The predicted octanol–water partition coefficient (Wildman–Crippen LogP) is 4.20. The van der Waals surface area contributed by atoms with Crippen molar-refractivity contribution in [3.8, 4) is 0 Å². The fourth-order valence-electron chi connectivity index (χ4n) is 2.36. The first-order chi connectivity index (χ1) is 9.88. The molecule has 2 N–H and O–H groups in total. The maximum absolute atomic E-state index is 12.1. The van der Waals surface area contributed by atoms with Crippen LogP contribution in [0.2, 0.25) is 5.02 Å². The molecule has 0 saturated carbocycles. The number of halogens is 1. The van der Waals surface area contributed by atoms with Crippen molar-refractivity contribution in [2.24, 2.45) is 0 Å². The van der Waals surface area contributed by atoms with E-state index < -0.39 is 5.97 Å². The zero-order valence-electron chi connectivity index (χ0n) is 12.4. The van der Waals surface area contributed by atoms with Crippen molar-refractivity contribution >= 4 is 23.3 Å². The van der Waals surface area contributed by atoms with E-state index in [0.717, 1.165) is 16.7 Å². The van der Waals surface area contributed by atoms with Crippen LogP contribution < -0.4 is 5.73 Å². The third-order valence-corrected chi connectivity index (χ3v) is 3.66. The van der Waals surface area contributed by atoms with E-state index in [-0.39, 0.29) is 6.61 Å². The van der Waals surface area contributed by atoms with Crippen molar-refractivity contribution in [2.45, 2.75) is 27.4 Å². The quantitative estimate of drug-likeness (QED) is 0.683. The highest BCUT2D eigenvalue weighted by molar-refractivity contribution is 6.31. The number of nitrogens with two attached hydrogens (primary N) is 1. The smallest absolute Gasteiger partial charge is 0.340 e. The van der Waals surface area contributed by atoms with Gasteiger partial charge in [-0.05, 0) is 55.7 Å². The monoisotopic (exact) mass is 303 g/mol. The van der Waals surface area contributed by atoms with Crippen molar-refractivity contribution in [2.75, 3.05) is 5.73 Å². The maximum Gasteiger partial charge on any atom is 0.340 e. The van der Waals surface area contributed by atoms with E-state index >= 15 is 0 Å². The van der Waals surface area contributed by atoms with Gasteiger partial charge in [0.15, 0.2) is 0 Å². The molecule has 0 bridgehead atoms. The third-order valence-electron chi connectivity index (χ3n) is 3.42. The van der Waals surface area contributed by atoms with Crippen LogP contribution in [-0.4, -0.2) is 5.97 Å². The minimum absolute atomic E-state index is 0.225. The lowest BCUT2D eigenvalue weighted by Gasteiger charge is -2.12. The molecule has 0 fully saturated rings. The normalized spacial score (nSPS) is 10.5. The van der Waals surface area contributed by atoms with Crippen molar-refractivity contribution in [1.29, 1.82) is 0 Å². The molecule has 0 unspecified atom stereocenters. The van der Waals surface area contributed by atoms with Gasteiger partial charge in [-0.25, -0.2) is 4.79 Å². The number of carbonyl (C=O) groups is 1. The summed E-state index contributed by atoms with van der Waals surface area (Å²) in [6.07, 6.45) is 0. The molecule has 4 heteroatoms. The summed E-state index contributed by atoms with van der Waals surface area (Å²) < 4.78 is 5.37. The van der Waals surface area contributed by atoms with Crippen LogP contribution in [0.4, 0.5) is 5.69 Å². The fraction of sp³-hybridized carbons (Fsp3) is 0.235. The van der Waals surface area contributed by atoms with E-state index in [1.54, 1.807) is 12.1 Å². The van der Waals surface area contributed by atoms with Crippen LogP contribution in [0.1, 0.15) is 32.6 Å². The number of carbonyl (C=O) groups excluding carboxylic acids is 1. The summed E-state index contributed by atoms with van der Waals surface area (Å²) in [6, 6.07) is 8.91. The van der Waals surface area contributed by atoms with Gasteiger partial charge in [0.05, 0.1) is 5.56 Å². The molecule has 0 spiro atoms. The highest BCUT2D eigenvalue weighted by Crippen LogP contribution is 2.21. The van der Waals surface area contributed by atoms with Gasteiger partial charge in [0.25, 0.3) is 0 Å². The number of anilines is 1. The summed E-state index contributed by atoms with van der Waals surface area (Å²) in [6.45, 7) is 6.29. The first kappa shape index (κ1) is 15.4. The molecule has 0 saturated heterocycles. The van der Waals surface area contributed by atoms with Crippen LogP contribution in [0.25, 0.3) is 0 Å². The van der Waals surface area contributed by atoms with Crippen molar-refractivity contribution in [3.05, 3.63) is 63.2 Å². The number of hydrogen-bond donors (Lipinski definition) is 1. The van der Waals surface area contributed by atoms with E-state index in [1.165, 1.54) is 11.6 Å². The zero-order chi connectivity index (χ0) is 15.6. The SMILES string of the molecule is Cc1cc(C)c(COC(=O)c2cc(Cl)ccc2N)c(C)c1. The summed E-state index contributed by atoms with van der Waals surface area (Å²) in [5, 5.41) is 0.457. The third kappa shape index (κ3) is 3.56. The summed E-state index contributed by atoms with van der Waals surface area (Å²) in [7, 11) is 0. The number of benzene rings is 2. The molecule has 0 aliphatic heterocycles.